The molecule has 1 aliphatic rings. The van der Waals surface area contributed by atoms with Gasteiger partial charge in [0.1, 0.15) is 0 Å². The summed E-state index contributed by atoms with van der Waals surface area (Å²) in [6, 6.07) is 15.5. The molecular weight excluding hydrogens is 300 g/mol. The smallest absolute Gasteiger partial charge is 0.235 e. The van der Waals surface area contributed by atoms with E-state index < -0.39 is 5.41 Å². The third-order valence-corrected chi connectivity index (χ3v) is 4.77. The second-order valence-electron chi connectivity index (χ2n) is 6.47. The van der Waals surface area contributed by atoms with Crippen molar-refractivity contribution in [2.45, 2.75) is 38.5 Å². The van der Waals surface area contributed by atoms with Crippen LogP contribution < -0.4 is 10.6 Å². The number of carbonyl (C=O) groups is 2. The van der Waals surface area contributed by atoms with Gasteiger partial charge in [0.15, 0.2) is 0 Å². The second kappa shape index (κ2) is 6.48. The van der Waals surface area contributed by atoms with Crippen LogP contribution in [0, 0.1) is 6.92 Å². The molecule has 2 N–H and O–H groups in total. The highest BCUT2D eigenvalue weighted by molar-refractivity contribution is 6.01. The molecule has 2 aromatic carbocycles. The molecule has 0 unspecified atom stereocenters. The first-order valence-electron chi connectivity index (χ1n) is 8.26. The van der Waals surface area contributed by atoms with Crippen LogP contribution in [0.3, 0.4) is 0 Å². The largest absolute Gasteiger partial charge is 0.326 e. The zero-order valence-corrected chi connectivity index (χ0v) is 14.1. The monoisotopic (exact) mass is 322 g/mol. The van der Waals surface area contributed by atoms with Crippen LogP contribution in [0.5, 0.6) is 0 Å². The Labute approximate surface area is 142 Å². The van der Waals surface area contributed by atoms with Crippen molar-refractivity contribution in [3.05, 3.63) is 59.7 Å². The van der Waals surface area contributed by atoms with Crippen LogP contribution in [0.15, 0.2) is 48.5 Å². The molecule has 1 fully saturated rings. The van der Waals surface area contributed by atoms with Crippen molar-refractivity contribution in [2.75, 3.05) is 10.6 Å². The van der Waals surface area contributed by atoms with Crippen molar-refractivity contribution in [2.24, 2.45) is 0 Å². The van der Waals surface area contributed by atoms with Gasteiger partial charge in [0.05, 0.1) is 5.41 Å². The average molecular weight is 322 g/mol. The third-order valence-electron chi connectivity index (χ3n) is 4.77. The molecule has 0 heterocycles. The molecule has 0 spiro atoms. The molecule has 2 aromatic rings. The minimum Gasteiger partial charge on any atom is -0.326 e. The number of anilines is 2. The molecule has 3 rings (SSSR count). The number of rotatable bonds is 4. The highest BCUT2D eigenvalue weighted by atomic mass is 16.2. The first-order valence-corrected chi connectivity index (χ1v) is 8.26. The van der Waals surface area contributed by atoms with Gasteiger partial charge in [-0.05, 0) is 43.0 Å². The molecular formula is C20H22N2O2. The lowest BCUT2D eigenvalue weighted by molar-refractivity contribution is -0.124. The Morgan fingerprint density at radius 1 is 1.00 bits per heavy atom. The average Bonchev–Trinajstić information content (AvgIpc) is 2.50. The molecule has 0 atom stereocenters. The Balaban J connectivity index is 1.85. The van der Waals surface area contributed by atoms with Crippen molar-refractivity contribution in [3.63, 3.8) is 0 Å². The lowest BCUT2D eigenvalue weighted by atomic mass is 9.64. The number of benzene rings is 2. The predicted octanol–water partition coefficient (Wildman–Crippen LogP) is 4.01. The van der Waals surface area contributed by atoms with Crippen LogP contribution in [0.2, 0.25) is 0 Å². The standard InChI is InChI=1S/C20H22N2O2/c1-14-9-10-17(21-15(2)23)13-18(14)22-19(24)20(11-6-12-20)16-7-4-3-5-8-16/h3-5,7-10,13H,6,11-12H2,1-2H3,(H,21,23)(H,22,24). The van der Waals surface area contributed by atoms with Crippen LogP contribution >= 0.6 is 0 Å². The number of aryl methyl sites for hydroxylation is 1. The first kappa shape index (κ1) is 16.2. The van der Waals surface area contributed by atoms with Gasteiger partial charge in [0, 0.05) is 18.3 Å². The normalized spacial score (nSPS) is 15.2. The summed E-state index contributed by atoms with van der Waals surface area (Å²) in [7, 11) is 0. The van der Waals surface area contributed by atoms with E-state index in [9.17, 15) is 9.59 Å². The fourth-order valence-corrected chi connectivity index (χ4v) is 3.21. The van der Waals surface area contributed by atoms with E-state index in [1.54, 1.807) is 0 Å². The molecule has 1 saturated carbocycles. The lowest BCUT2D eigenvalue weighted by Crippen LogP contribution is -2.46. The molecule has 4 heteroatoms. The maximum absolute atomic E-state index is 13.0. The number of hydrogen-bond acceptors (Lipinski definition) is 2. The molecule has 124 valence electrons. The van der Waals surface area contributed by atoms with Crippen molar-refractivity contribution < 1.29 is 9.59 Å². The fourth-order valence-electron chi connectivity index (χ4n) is 3.21. The van der Waals surface area contributed by atoms with Crippen molar-refractivity contribution >= 4 is 23.2 Å². The van der Waals surface area contributed by atoms with E-state index in [0.717, 1.165) is 36.1 Å². The second-order valence-corrected chi connectivity index (χ2v) is 6.47. The van der Waals surface area contributed by atoms with E-state index in [0.29, 0.717) is 5.69 Å². The summed E-state index contributed by atoms with van der Waals surface area (Å²) >= 11 is 0. The minimum atomic E-state index is -0.433. The van der Waals surface area contributed by atoms with Crippen LogP contribution in [0.4, 0.5) is 11.4 Å². The SMILES string of the molecule is CC(=O)Nc1ccc(C)c(NC(=O)C2(c3ccccc3)CCC2)c1. The number of amides is 2. The molecule has 0 aliphatic heterocycles. The van der Waals surface area contributed by atoms with E-state index in [1.165, 1.54) is 6.92 Å². The zero-order chi connectivity index (χ0) is 17.2. The maximum atomic E-state index is 13.0. The Morgan fingerprint density at radius 2 is 1.71 bits per heavy atom. The van der Waals surface area contributed by atoms with Gasteiger partial charge >= 0.3 is 0 Å². The molecule has 0 aromatic heterocycles. The van der Waals surface area contributed by atoms with Crippen molar-refractivity contribution in [1.29, 1.82) is 0 Å². The van der Waals surface area contributed by atoms with E-state index >= 15 is 0 Å². The van der Waals surface area contributed by atoms with E-state index in [2.05, 4.69) is 10.6 Å². The topological polar surface area (TPSA) is 58.2 Å². The predicted molar refractivity (Wildman–Crippen MR) is 96.1 cm³/mol. The number of carbonyl (C=O) groups excluding carboxylic acids is 2. The van der Waals surface area contributed by atoms with Gasteiger partial charge in [0.25, 0.3) is 0 Å². The Morgan fingerprint density at radius 3 is 2.29 bits per heavy atom. The van der Waals surface area contributed by atoms with Gasteiger partial charge in [-0.15, -0.1) is 0 Å². The van der Waals surface area contributed by atoms with Gasteiger partial charge in [-0.3, -0.25) is 9.59 Å². The summed E-state index contributed by atoms with van der Waals surface area (Å²) in [6.45, 7) is 3.42. The quantitative estimate of drug-likeness (QED) is 0.893. The Bertz CT molecular complexity index is 764. The van der Waals surface area contributed by atoms with Crippen LogP contribution in [-0.2, 0) is 15.0 Å². The third kappa shape index (κ3) is 3.04. The van der Waals surface area contributed by atoms with E-state index in [1.807, 2.05) is 55.5 Å². The molecule has 2 amide bonds. The van der Waals surface area contributed by atoms with Crippen LogP contribution in [-0.4, -0.2) is 11.8 Å². The first-order chi connectivity index (χ1) is 11.5. The number of nitrogens with one attached hydrogen (secondary N) is 2. The lowest BCUT2D eigenvalue weighted by Gasteiger charge is -2.40. The highest BCUT2D eigenvalue weighted by Gasteiger charge is 2.45. The summed E-state index contributed by atoms with van der Waals surface area (Å²) in [5.74, 6) is -0.0982. The van der Waals surface area contributed by atoms with Gasteiger partial charge < -0.3 is 10.6 Å². The maximum Gasteiger partial charge on any atom is 0.235 e. The van der Waals surface area contributed by atoms with Gasteiger partial charge in [-0.25, -0.2) is 0 Å². The summed E-state index contributed by atoms with van der Waals surface area (Å²) in [6.07, 6.45) is 2.80. The molecule has 24 heavy (non-hydrogen) atoms. The number of hydrogen-bond donors (Lipinski definition) is 2. The summed E-state index contributed by atoms with van der Waals surface area (Å²) in [5.41, 5.74) is 3.04. The highest BCUT2D eigenvalue weighted by Crippen LogP contribution is 2.44. The van der Waals surface area contributed by atoms with Gasteiger partial charge in [-0.2, -0.15) is 0 Å². The zero-order valence-electron chi connectivity index (χ0n) is 14.1. The van der Waals surface area contributed by atoms with E-state index in [-0.39, 0.29) is 11.8 Å². The minimum absolute atomic E-state index is 0.0306. The molecule has 0 bridgehead atoms. The summed E-state index contributed by atoms with van der Waals surface area (Å²) in [4.78, 5) is 24.2. The van der Waals surface area contributed by atoms with Crippen molar-refractivity contribution in [3.8, 4) is 0 Å². The van der Waals surface area contributed by atoms with Crippen molar-refractivity contribution in [1.82, 2.24) is 0 Å². The molecule has 4 nitrogen and oxygen atoms in total. The van der Waals surface area contributed by atoms with Gasteiger partial charge in [-0.1, -0.05) is 42.8 Å². The Kier molecular flexibility index (Phi) is 4.38. The van der Waals surface area contributed by atoms with Crippen LogP contribution in [0.25, 0.3) is 0 Å². The Hall–Kier alpha value is -2.62. The van der Waals surface area contributed by atoms with Crippen LogP contribution in [0.1, 0.15) is 37.3 Å². The summed E-state index contributed by atoms with van der Waals surface area (Å²) < 4.78 is 0. The fraction of sp³-hybridized carbons (Fsp3) is 0.300. The molecule has 0 saturated heterocycles. The molecule has 0 radical (unpaired) electrons. The summed E-state index contributed by atoms with van der Waals surface area (Å²) in [5, 5.41) is 5.83. The van der Waals surface area contributed by atoms with E-state index in [4.69, 9.17) is 0 Å². The molecule has 1 aliphatic carbocycles. The van der Waals surface area contributed by atoms with Gasteiger partial charge in [0.2, 0.25) is 11.8 Å².